The number of anilines is 1. The maximum Gasteiger partial charge on any atom is 0.451 e. The van der Waals surface area contributed by atoms with E-state index >= 15 is 0 Å². The van der Waals surface area contributed by atoms with Crippen LogP contribution in [0.5, 0.6) is 11.5 Å². The fourth-order valence-electron chi connectivity index (χ4n) is 4.16. The number of alkyl halides is 7. The van der Waals surface area contributed by atoms with Crippen LogP contribution < -0.4 is 20.1 Å². The predicted molar refractivity (Wildman–Crippen MR) is 152 cm³/mol. The Morgan fingerprint density at radius 3 is 2.06 bits per heavy atom. The second kappa shape index (κ2) is 14.6. The number of ether oxygens (including phenoxy) is 2. The van der Waals surface area contributed by atoms with Gasteiger partial charge < -0.3 is 25.2 Å². The maximum absolute atomic E-state index is 13.1. The number of halogens is 7. The van der Waals surface area contributed by atoms with Crippen molar-refractivity contribution in [3.8, 4) is 11.5 Å². The van der Waals surface area contributed by atoms with Crippen LogP contribution in [0.25, 0.3) is 10.3 Å². The Kier molecular flexibility index (Phi) is 11.0. The molecule has 0 saturated carbocycles. The topological polar surface area (TPSA) is 161 Å². The van der Waals surface area contributed by atoms with Crippen LogP contribution in [0.15, 0.2) is 59.6 Å². The first kappa shape index (κ1) is 35.5. The minimum atomic E-state index is -4.77. The number of aromatic nitrogens is 3. The molecule has 5 rings (SSSR count). The van der Waals surface area contributed by atoms with E-state index in [2.05, 4.69) is 24.4 Å². The van der Waals surface area contributed by atoms with Gasteiger partial charge in [0.25, 0.3) is 0 Å². The molecule has 12 nitrogen and oxygen atoms in total. The van der Waals surface area contributed by atoms with Gasteiger partial charge in [0, 0.05) is 26.2 Å². The fourth-order valence-corrected chi connectivity index (χ4v) is 6.64. The quantitative estimate of drug-likeness (QED) is 0.237. The minimum absolute atomic E-state index is 0.0189. The van der Waals surface area contributed by atoms with Gasteiger partial charge in [-0.1, -0.05) is 23.5 Å². The lowest BCUT2D eigenvalue weighted by atomic mass is 10.2. The van der Waals surface area contributed by atoms with Crippen LogP contribution in [0.1, 0.15) is 11.4 Å². The van der Waals surface area contributed by atoms with Gasteiger partial charge >= 0.3 is 25.4 Å². The molecule has 0 spiro atoms. The Bertz CT molecular complexity index is 1780. The minimum Gasteiger partial charge on any atom is -0.480 e. The van der Waals surface area contributed by atoms with Gasteiger partial charge in [-0.15, -0.1) is 0 Å². The highest BCUT2D eigenvalue weighted by Gasteiger charge is 2.41. The third-order valence-electron chi connectivity index (χ3n) is 6.32. The first-order valence-corrected chi connectivity index (χ1v) is 15.3. The van der Waals surface area contributed by atoms with Gasteiger partial charge in [-0.2, -0.15) is 40.0 Å². The van der Waals surface area contributed by atoms with Crippen molar-refractivity contribution in [2.45, 2.75) is 36.9 Å². The zero-order valence-corrected chi connectivity index (χ0v) is 25.2. The van der Waals surface area contributed by atoms with E-state index in [9.17, 15) is 49.1 Å². The molecule has 254 valence electrons. The van der Waals surface area contributed by atoms with Crippen molar-refractivity contribution in [3.63, 3.8) is 0 Å². The van der Waals surface area contributed by atoms with E-state index in [1.165, 1.54) is 17.0 Å². The summed E-state index contributed by atoms with van der Waals surface area (Å²) in [5.74, 6) is -2.95. The lowest BCUT2D eigenvalue weighted by Crippen LogP contribution is -2.58. The number of benzene rings is 2. The summed E-state index contributed by atoms with van der Waals surface area (Å²) < 4.78 is 122. The molecule has 1 fully saturated rings. The summed E-state index contributed by atoms with van der Waals surface area (Å²) >= 11 is 0.935. The van der Waals surface area contributed by atoms with Crippen LogP contribution >= 0.6 is 11.3 Å². The molecule has 0 aliphatic carbocycles. The molecule has 21 heteroatoms. The average molecular weight is 713 g/mol. The zero-order valence-electron chi connectivity index (χ0n) is 23.5. The smallest absolute Gasteiger partial charge is 0.451 e. The maximum atomic E-state index is 13.1. The van der Waals surface area contributed by atoms with E-state index in [0.717, 1.165) is 51.7 Å². The standard InChI is InChI=1S/C18H14F5N5O5S2.C8H9F2NO/c19-16(20)33-9-1-3-10(4-2-9)35(31,32)28-6-5-27(8-11(28)14(29)30)17-26-13-12(34-17)7-24-15(25-13)18(21,22)23;9-8(10)12-7-3-1-6(5-11)2-4-7/h1-4,7,11,16H,5-6,8H2,(H,29,30);1-4,8H,5,11H2/t11-;/m1./s1. The summed E-state index contributed by atoms with van der Waals surface area (Å²) in [6, 6.07) is 8.74. The van der Waals surface area contributed by atoms with E-state index in [4.69, 9.17) is 5.73 Å². The molecular weight excluding hydrogens is 689 g/mol. The SMILES string of the molecule is NCc1ccc(OC(F)F)cc1.O=C(O)[C@H]1CN(c2nc3nc(C(F)(F)F)ncc3s2)CCN1S(=O)(=O)c1ccc(OC(F)F)cc1. The predicted octanol–water partition coefficient (Wildman–Crippen LogP) is 4.42. The number of nitrogens with two attached hydrogens (primary N) is 1. The zero-order chi connectivity index (χ0) is 34.5. The number of nitrogens with zero attached hydrogens (tertiary/aromatic N) is 5. The van der Waals surface area contributed by atoms with Crippen molar-refractivity contribution in [1.29, 1.82) is 0 Å². The number of aliphatic carboxylic acids is 1. The highest BCUT2D eigenvalue weighted by molar-refractivity contribution is 7.89. The van der Waals surface area contributed by atoms with Crippen LogP contribution in [-0.2, 0) is 27.5 Å². The van der Waals surface area contributed by atoms with Crippen molar-refractivity contribution in [3.05, 3.63) is 66.1 Å². The molecular formula is C26H23F7N6O6S2. The van der Waals surface area contributed by atoms with Crippen LogP contribution in [0.4, 0.5) is 35.9 Å². The highest BCUT2D eigenvalue weighted by atomic mass is 32.2. The number of piperazine rings is 1. The third kappa shape index (κ3) is 8.93. The number of rotatable bonds is 9. The molecule has 1 aliphatic heterocycles. The number of carbonyl (C=O) groups is 1. The van der Waals surface area contributed by atoms with Crippen LogP contribution in [0.2, 0.25) is 0 Å². The number of carboxylic acid groups (broad SMARTS) is 1. The summed E-state index contributed by atoms with van der Waals surface area (Å²) in [5.41, 5.74) is 5.98. The van der Waals surface area contributed by atoms with Gasteiger partial charge in [-0.25, -0.2) is 18.4 Å². The highest BCUT2D eigenvalue weighted by Crippen LogP contribution is 2.33. The van der Waals surface area contributed by atoms with Crippen molar-refractivity contribution >= 4 is 42.8 Å². The number of sulfonamides is 1. The van der Waals surface area contributed by atoms with Gasteiger partial charge in [0.1, 0.15) is 17.5 Å². The molecule has 47 heavy (non-hydrogen) atoms. The van der Waals surface area contributed by atoms with Gasteiger partial charge in [0.15, 0.2) is 10.8 Å². The molecule has 3 N–H and O–H groups in total. The van der Waals surface area contributed by atoms with Gasteiger partial charge in [-0.3, -0.25) is 4.79 Å². The van der Waals surface area contributed by atoms with E-state index < -0.39 is 47.3 Å². The van der Waals surface area contributed by atoms with Crippen LogP contribution in [-0.4, -0.2) is 77.6 Å². The second-order valence-corrected chi connectivity index (χ2v) is 12.3. The second-order valence-electron chi connectivity index (χ2n) is 9.37. The molecule has 0 unspecified atom stereocenters. The Balaban J connectivity index is 0.000000351. The normalized spacial score (nSPS) is 15.9. The molecule has 1 aliphatic rings. The van der Waals surface area contributed by atoms with Crippen LogP contribution in [0, 0.1) is 0 Å². The van der Waals surface area contributed by atoms with E-state index in [1.54, 1.807) is 12.1 Å². The first-order valence-electron chi connectivity index (χ1n) is 13.1. The Labute approximate surface area is 265 Å². The molecule has 3 heterocycles. The van der Waals surface area contributed by atoms with Gasteiger partial charge in [0.05, 0.1) is 15.8 Å². The van der Waals surface area contributed by atoms with Crippen LogP contribution in [0.3, 0.4) is 0 Å². The Morgan fingerprint density at radius 1 is 0.979 bits per heavy atom. The number of carboxylic acids is 1. The number of hydrogen-bond acceptors (Lipinski definition) is 11. The van der Waals surface area contributed by atoms with E-state index in [0.29, 0.717) is 6.54 Å². The van der Waals surface area contributed by atoms with Crippen molar-refractivity contribution < 1.29 is 58.5 Å². The fraction of sp³-hybridized carbons (Fsp3) is 0.308. The molecule has 0 amide bonds. The number of hydrogen-bond donors (Lipinski definition) is 2. The molecule has 0 bridgehead atoms. The molecule has 2 aromatic carbocycles. The Hall–Kier alpha value is -4.34. The van der Waals surface area contributed by atoms with Crippen molar-refractivity contribution in [2.24, 2.45) is 5.73 Å². The van der Waals surface area contributed by atoms with E-state index in [1.807, 2.05) is 0 Å². The lowest BCUT2D eigenvalue weighted by Gasteiger charge is -2.38. The first-order chi connectivity index (χ1) is 22.1. The monoisotopic (exact) mass is 712 g/mol. The third-order valence-corrected chi connectivity index (χ3v) is 9.28. The summed E-state index contributed by atoms with van der Waals surface area (Å²) in [7, 11) is -4.34. The molecule has 4 aromatic rings. The van der Waals surface area contributed by atoms with Crippen molar-refractivity contribution in [1.82, 2.24) is 19.3 Å². The number of thiazole rings is 1. The molecule has 1 atom stereocenters. The largest absolute Gasteiger partial charge is 0.480 e. The lowest BCUT2D eigenvalue weighted by molar-refractivity contribution is -0.145. The molecule has 0 radical (unpaired) electrons. The summed E-state index contributed by atoms with van der Waals surface area (Å²) in [5, 5.41) is 9.85. The van der Waals surface area contributed by atoms with Gasteiger partial charge in [-0.05, 0) is 42.0 Å². The molecule has 2 aromatic heterocycles. The summed E-state index contributed by atoms with van der Waals surface area (Å²) in [4.78, 5) is 23.7. The number of fused-ring (bicyclic) bond motifs is 1. The molecule has 1 saturated heterocycles. The summed E-state index contributed by atoms with van der Waals surface area (Å²) in [6.45, 7) is -6.13. The van der Waals surface area contributed by atoms with E-state index in [-0.39, 0.29) is 51.5 Å². The average Bonchev–Trinajstić information content (AvgIpc) is 3.44. The van der Waals surface area contributed by atoms with Gasteiger partial charge in [0.2, 0.25) is 15.8 Å². The van der Waals surface area contributed by atoms with Crippen molar-refractivity contribution in [2.75, 3.05) is 24.5 Å². The summed E-state index contributed by atoms with van der Waals surface area (Å²) in [6.07, 6.45) is -3.81. The Morgan fingerprint density at radius 2 is 1.55 bits per heavy atom.